The summed E-state index contributed by atoms with van der Waals surface area (Å²) < 4.78 is 0. The number of rotatable bonds is 11. The molecule has 0 heterocycles. The highest BCUT2D eigenvalue weighted by Crippen LogP contribution is 2.35. The van der Waals surface area contributed by atoms with Crippen LogP contribution in [0.2, 0.25) is 0 Å². The van der Waals surface area contributed by atoms with Crippen molar-refractivity contribution < 1.29 is 0 Å². The Kier molecular flexibility index (Phi) is 9.66. The van der Waals surface area contributed by atoms with E-state index in [2.05, 4.69) is 72.9 Å². The van der Waals surface area contributed by atoms with E-state index in [4.69, 9.17) is 0 Å². The smallest absolute Gasteiger partial charge is 0.0259 e. The lowest BCUT2D eigenvalue weighted by atomic mass is 9.76. The molecule has 0 N–H and O–H groups in total. The van der Waals surface area contributed by atoms with Crippen LogP contribution in [0.5, 0.6) is 0 Å². The Morgan fingerprint density at radius 2 is 1.71 bits per heavy atom. The first-order chi connectivity index (χ1) is 9.73. The van der Waals surface area contributed by atoms with Gasteiger partial charge in [0.15, 0.2) is 0 Å². The Morgan fingerprint density at radius 1 is 1.10 bits per heavy atom. The fraction of sp³-hybridized carbons (Fsp3) is 0.714. The van der Waals surface area contributed by atoms with Crippen LogP contribution in [0.3, 0.4) is 0 Å². The van der Waals surface area contributed by atoms with Crippen molar-refractivity contribution in [3.8, 4) is 0 Å². The Balaban J connectivity index is 4.91. The zero-order valence-electron chi connectivity index (χ0n) is 15.4. The summed E-state index contributed by atoms with van der Waals surface area (Å²) in [5.74, 6) is 1.98. The summed E-state index contributed by atoms with van der Waals surface area (Å²) >= 11 is 0. The molecule has 0 amide bonds. The molecule has 0 saturated heterocycles. The summed E-state index contributed by atoms with van der Waals surface area (Å²) in [6, 6.07) is 0. The summed E-state index contributed by atoms with van der Waals surface area (Å²) in [5.41, 5.74) is 1.99. The third-order valence-corrected chi connectivity index (χ3v) is 4.33. The molecular weight excluding hydrogens is 252 g/mol. The van der Waals surface area contributed by atoms with E-state index >= 15 is 0 Å². The molecule has 0 radical (unpaired) electrons. The van der Waals surface area contributed by atoms with Gasteiger partial charge in [-0.1, -0.05) is 71.8 Å². The summed E-state index contributed by atoms with van der Waals surface area (Å²) in [6.45, 7) is 21.8. The van der Waals surface area contributed by atoms with Gasteiger partial charge in [-0.2, -0.15) is 0 Å². The van der Waals surface area contributed by atoms with E-state index in [1.807, 2.05) is 0 Å². The molecular formula is C21H38. The number of allylic oxidation sites excluding steroid dienone is 4. The first-order valence-corrected chi connectivity index (χ1v) is 8.67. The fourth-order valence-electron chi connectivity index (χ4n) is 3.18. The third kappa shape index (κ3) is 9.72. The van der Waals surface area contributed by atoms with Gasteiger partial charge >= 0.3 is 0 Å². The zero-order chi connectivity index (χ0) is 16.5. The molecule has 0 saturated carbocycles. The van der Waals surface area contributed by atoms with E-state index in [9.17, 15) is 0 Å². The SMILES string of the molecule is C=CCC(C)CC(=CC(C)CC)CC(C)(C)CC(C)C=C. The minimum Gasteiger partial charge on any atom is -0.103 e. The van der Waals surface area contributed by atoms with Gasteiger partial charge in [-0.25, -0.2) is 0 Å². The molecule has 0 aromatic carbocycles. The van der Waals surface area contributed by atoms with Crippen LogP contribution >= 0.6 is 0 Å². The molecule has 0 spiro atoms. The van der Waals surface area contributed by atoms with E-state index in [0.717, 1.165) is 6.42 Å². The summed E-state index contributed by atoms with van der Waals surface area (Å²) in [5, 5.41) is 0. The van der Waals surface area contributed by atoms with Crippen molar-refractivity contribution in [2.24, 2.45) is 23.2 Å². The lowest BCUT2D eigenvalue weighted by Crippen LogP contribution is -2.17. The number of hydrogen-bond donors (Lipinski definition) is 0. The summed E-state index contributed by atoms with van der Waals surface area (Å²) in [6.07, 6.45) is 12.6. The molecule has 0 aromatic heterocycles. The highest BCUT2D eigenvalue weighted by atomic mass is 14.3. The average Bonchev–Trinajstić information content (AvgIpc) is 2.37. The minimum atomic E-state index is 0.348. The van der Waals surface area contributed by atoms with Gasteiger partial charge < -0.3 is 0 Å². The maximum Gasteiger partial charge on any atom is -0.0259 e. The number of hydrogen-bond acceptors (Lipinski definition) is 0. The lowest BCUT2D eigenvalue weighted by molar-refractivity contribution is 0.291. The van der Waals surface area contributed by atoms with Crippen LogP contribution in [0, 0.1) is 23.2 Å². The maximum absolute atomic E-state index is 3.93. The Morgan fingerprint density at radius 3 is 2.19 bits per heavy atom. The summed E-state index contributed by atoms with van der Waals surface area (Å²) in [7, 11) is 0. The van der Waals surface area contributed by atoms with Crippen LogP contribution in [0.15, 0.2) is 37.0 Å². The molecule has 21 heavy (non-hydrogen) atoms. The molecule has 0 aliphatic heterocycles. The second kappa shape index (κ2) is 10.0. The molecule has 0 bridgehead atoms. The van der Waals surface area contributed by atoms with Crippen molar-refractivity contribution in [1.29, 1.82) is 0 Å². The van der Waals surface area contributed by atoms with Crippen molar-refractivity contribution in [2.45, 2.75) is 73.6 Å². The van der Waals surface area contributed by atoms with Crippen LogP contribution in [-0.4, -0.2) is 0 Å². The Labute approximate surface area is 134 Å². The zero-order valence-corrected chi connectivity index (χ0v) is 15.4. The lowest BCUT2D eigenvalue weighted by Gasteiger charge is -2.29. The second-order valence-corrected chi connectivity index (χ2v) is 7.80. The van der Waals surface area contributed by atoms with E-state index in [0.29, 0.717) is 23.2 Å². The molecule has 122 valence electrons. The molecule has 0 nitrogen and oxygen atoms in total. The molecule has 0 heteroatoms. The standard InChI is InChI=1S/C21H38/c1-9-12-19(6)14-20(13-17(4)10-2)16-21(7,8)15-18(5)11-3/h9,11,13,17-19H,1,3,10,12,14-16H2,2,4-8H3. The van der Waals surface area contributed by atoms with Gasteiger partial charge in [-0.05, 0) is 48.9 Å². The molecule has 0 rings (SSSR count). The van der Waals surface area contributed by atoms with Crippen molar-refractivity contribution in [3.63, 3.8) is 0 Å². The predicted molar refractivity (Wildman–Crippen MR) is 98.5 cm³/mol. The van der Waals surface area contributed by atoms with Crippen LogP contribution in [0.25, 0.3) is 0 Å². The Bertz CT molecular complexity index is 332. The first kappa shape index (κ1) is 20.2. The summed E-state index contributed by atoms with van der Waals surface area (Å²) in [4.78, 5) is 0. The quantitative estimate of drug-likeness (QED) is 0.353. The van der Waals surface area contributed by atoms with Gasteiger partial charge in [0.25, 0.3) is 0 Å². The first-order valence-electron chi connectivity index (χ1n) is 8.67. The highest BCUT2D eigenvalue weighted by molar-refractivity contribution is 5.08. The van der Waals surface area contributed by atoms with Crippen molar-refractivity contribution in [2.75, 3.05) is 0 Å². The third-order valence-electron chi connectivity index (χ3n) is 4.33. The van der Waals surface area contributed by atoms with E-state index in [-0.39, 0.29) is 0 Å². The minimum absolute atomic E-state index is 0.348. The molecule has 0 aromatic rings. The van der Waals surface area contributed by atoms with Gasteiger partial charge in [0.05, 0.1) is 0 Å². The van der Waals surface area contributed by atoms with Crippen molar-refractivity contribution in [1.82, 2.24) is 0 Å². The van der Waals surface area contributed by atoms with Crippen molar-refractivity contribution in [3.05, 3.63) is 37.0 Å². The molecule has 0 aliphatic rings. The monoisotopic (exact) mass is 290 g/mol. The van der Waals surface area contributed by atoms with E-state index in [1.54, 1.807) is 5.57 Å². The van der Waals surface area contributed by atoms with Crippen LogP contribution in [-0.2, 0) is 0 Å². The van der Waals surface area contributed by atoms with Crippen molar-refractivity contribution >= 4 is 0 Å². The topological polar surface area (TPSA) is 0 Å². The predicted octanol–water partition coefficient (Wildman–Crippen LogP) is 7.19. The van der Waals surface area contributed by atoms with Gasteiger partial charge in [-0.3, -0.25) is 0 Å². The van der Waals surface area contributed by atoms with Gasteiger partial charge in [0.2, 0.25) is 0 Å². The molecule has 3 atom stereocenters. The average molecular weight is 291 g/mol. The van der Waals surface area contributed by atoms with Crippen LogP contribution < -0.4 is 0 Å². The highest BCUT2D eigenvalue weighted by Gasteiger charge is 2.22. The normalized spacial score (nSPS) is 17.1. The largest absolute Gasteiger partial charge is 0.103 e. The van der Waals surface area contributed by atoms with Gasteiger partial charge in [0, 0.05) is 0 Å². The Hall–Kier alpha value is -0.780. The molecule has 3 unspecified atom stereocenters. The molecule has 0 fully saturated rings. The van der Waals surface area contributed by atoms with Crippen LogP contribution in [0.4, 0.5) is 0 Å². The fourth-order valence-corrected chi connectivity index (χ4v) is 3.18. The van der Waals surface area contributed by atoms with E-state index < -0.39 is 0 Å². The maximum atomic E-state index is 3.93. The molecule has 0 aliphatic carbocycles. The van der Waals surface area contributed by atoms with Gasteiger partial charge in [0.1, 0.15) is 0 Å². The second-order valence-electron chi connectivity index (χ2n) is 7.80. The van der Waals surface area contributed by atoms with E-state index in [1.165, 1.54) is 25.7 Å². The van der Waals surface area contributed by atoms with Crippen LogP contribution in [0.1, 0.15) is 73.6 Å². The van der Waals surface area contributed by atoms with Gasteiger partial charge in [-0.15, -0.1) is 13.2 Å².